The minimum absolute atomic E-state index is 0.176. The molecular weight excluding hydrogens is 307 g/mol. The van der Waals surface area contributed by atoms with Gasteiger partial charge in [-0.3, -0.25) is 0 Å². The molecule has 0 nitrogen and oxygen atoms in total. The van der Waals surface area contributed by atoms with Gasteiger partial charge in [0.2, 0.25) is 0 Å². The number of alkyl halides is 1. The van der Waals surface area contributed by atoms with Crippen molar-refractivity contribution < 1.29 is 0 Å². The molecule has 0 saturated carbocycles. The summed E-state index contributed by atoms with van der Waals surface area (Å²) < 4.78 is 0. The van der Waals surface area contributed by atoms with Gasteiger partial charge in [0.25, 0.3) is 0 Å². The average Bonchev–Trinajstić information content (AvgIpc) is 2.87. The number of benzene rings is 1. The highest BCUT2D eigenvalue weighted by atomic mass is 35.5. The Labute approximate surface area is 125 Å². The normalized spacial score (nSPS) is 15.7. The fourth-order valence-electron chi connectivity index (χ4n) is 2.34. The summed E-state index contributed by atoms with van der Waals surface area (Å²) in [6.45, 7) is 0. The smallest absolute Gasteiger partial charge is 0.0942 e. The Hall–Kier alpha value is -0.210. The molecule has 18 heavy (non-hydrogen) atoms. The second kappa shape index (κ2) is 5.05. The van der Waals surface area contributed by atoms with Crippen molar-refractivity contribution in [2.24, 2.45) is 0 Å². The summed E-state index contributed by atoms with van der Waals surface area (Å²) >= 11 is 20.5. The molecule has 0 fully saturated rings. The van der Waals surface area contributed by atoms with E-state index in [1.807, 2.05) is 23.5 Å². The Morgan fingerprint density at radius 2 is 1.94 bits per heavy atom. The van der Waals surface area contributed by atoms with E-state index in [9.17, 15) is 0 Å². The van der Waals surface area contributed by atoms with Gasteiger partial charge in [0.15, 0.2) is 0 Å². The van der Waals surface area contributed by atoms with E-state index in [0.29, 0.717) is 10.0 Å². The zero-order chi connectivity index (χ0) is 12.7. The lowest BCUT2D eigenvalue weighted by molar-refractivity contribution is 0.913. The molecule has 0 radical (unpaired) electrons. The molecule has 3 rings (SSSR count). The van der Waals surface area contributed by atoms with Gasteiger partial charge in [-0.1, -0.05) is 29.3 Å². The van der Waals surface area contributed by atoms with Crippen LogP contribution in [0.25, 0.3) is 0 Å². The number of thiophene rings is 1. The topological polar surface area (TPSA) is 0 Å². The van der Waals surface area contributed by atoms with Gasteiger partial charge >= 0.3 is 0 Å². The predicted molar refractivity (Wildman–Crippen MR) is 80.5 cm³/mol. The fraction of sp³-hybridized carbons (Fsp3) is 0.286. The van der Waals surface area contributed by atoms with Crippen molar-refractivity contribution >= 4 is 46.1 Å². The highest BCUT2D eigenvalue weighted by Crippen LogP contribution is 2.41. The maximum Gasteiger partial charge on any atom is 0.0942 e. The van der Waals surface area contributed by atoms with Gasteiger partial charge in [-0.15, -0.1) is 22.9 Å². The van der Waals surface area contributed by atoms with Crippen LogP contribution in [0.15, 0.2) is 24.3 Å². The first-order valence-corrected chi connectivity index (χ1v) is 7.86. The average molecular weight is 318 g/mol. The Morgan fingerprint density at radius 1 is 1.11 bits per heavy atom. The molecule has 1 aromatic heterocycles. The van der Waals surface area contributed by atoms with Gasteiger partial charge in [0.1, 0.15) is 0 Å². The lowest BCUT2D eigenvalue weighted by Crippen LogP contribution is -1.91. The summed E-state index contributed by atoms with van der Waals surface area (Å²) in [5, 5.41) is 1.10. The first kappa shape index (κ1) is 12.8. The van der Waals surface area contributed by atoms with Gasteiger partial charge < -0.3 is 0 Å². The van der Waals surface area contributed by atoms with Gasteiger partial charge in [0, 0.05) is 19.8 Å². The summed E-state index contributed by atoms with van der Waals surface area (Å²) in [5.41, 5.74) is 2.40. The highest BCUT2D eigenvalue weighted by Gasteiger charge is 2.21. The van der Waals surface area contributed by atoms with Crippen LogP contribution in [0.1, 0.15) is 32.7 Å². The van der Waals surface area contributed by atoms with Crippen molar-refractivity contribution in [3.05, 3.63) is 55.2 Å². The number of aryl methyl sites for hydroxylation is 2. The zero-order valence-electron chi connectivity index (χ0n) is 9.55. The summed E-state index contributed by atoms with van der Waals surface area (Å²) in [6, 6.07) is 7.72. The molecule has 1 heterocycles. The van der Waals surface area contributed by atoms with Crippen LogP contribution in [0.5, 0.6) is 0 Å². The van der Waals surface area contributed by atoms with Crippen LogP contribution in [0.3, 0.4) is 0 Å². The monoisotopic (exact) mass is 316 g/mol. The first-order chi connectivity index (χ1) is 8.65. The quantitative estimate of drug-likeness (QED) is 0.607. The number of rotatable bonds is 2. The number of hydrogen-bond acceptors (Lipinski definition) is 1. The van der Waals surface area contributed by atoms with Gasteiger partial charge in [-0.05, 0) is 48.6 Å². The van der Waals surface area contributed by atoms with E-state index in [1.165, 1.54) is 34.6 Å². The number of fused-ring (bicyclic) bond motifs is 1. The molecule has 94 valence electrons. The maximum atomic E-state index is 6.54. The van der Waals surface area contributed by atoms with Crippen molar-refractivity contribution in [1.82, 2.24) is 0 Å². The van der Waals surface area contributed by atoms with E-state index in [-0.39, 0.29) is 5.38 Å². The standard InChI is InChI=1S/C14H11Cl3S/c15-9-4-5-10(11(16)7-9)14(17)13-6-8-2-1-3-12(8)18-13/h4-7,14H,1-3H2. The molecule has 2 aromatic rings. The van der Waals surface area contributed by atoms with E-state index in [1.54, 1.807) is 6.07 Å². The summed E-state index contributed by atoms with van der Waals surface area (Å²) in [6.07, 6.45) is 3.65. The van der Waals surface area contributed by atoms with Crippen LogP contribution >= 0.6 is 46.1 Å². The Kier molecular flexibility index (Phi) is 3.59. The lowest BCUT2D eigenvalue weighted by atomic mass is 10.1. The summed E-state index contributed by atoms with van der Waals surface area (Å²) in [7, 11) is 0. The second-order valence-electron chi connectivity index (χ2n) is 4.48. The molecule has 1 aromatic carbocycles. The Morgan fingerprint density at radius 3 is 2.67 bits per heavy atom. The molecule has 0 bridgehead atoms. The van der Waals surface area contributed by atoms with Crippen molar-refractivity contribution in [2.75, 3.05) is 0 Å². The van der Waals surface area contributed by atoms with Crippen LogP contribution in [0.4, 0.5) is 0 Å². The van der Waals surface area contributed by atoms with E-state index in [2.05, 4.69) is 6.07 Å². The third-order valence-electron chi connectivity index (χ3n) is 3.25. The molecule has 1 unspecified atom stereocenters. The van der Waals surface area contributed by atoms with Crippen LogP contribution in [0.2, 0.25) is 10.0 Å². The zero-order valence-corrected chi connectivity index (χ0v) is 12.6. The lowest BCUT2D eigenvalue weighted by Gasteiger charge is -2.10. The van der Waals surface area contributed by atoms with Crippen molar-refractivity contribution in [3.63, 3.8) is 0 Å². The third kappa shape index (κ3) is 2.30. The first-order valence-electron chi connectivity index (χ1n) is 5.85. The minimum Gasteiger partial charge on any atom is -0.143 e. The molecule has 1 aliphatic rings. The van der Waals surface area contributed by atoms with Crippen LogP contribution in [-0.4, -0.2) is 0 Å². The predicted octanol–water partition coefficient (Wildman–Crippen LogP) is 5.87. The summed E-state index contributed by atoms with van der Waals surface area (Å²) in [4.78, 5) is 2.67. The van der Waals surface area contributed by atoms with E-state index in [4.69, 9.17) is 34.8 Å². The second-order valence-corrected chi connectivity index (χ2v) is 6.93. The van der Waals surface area contributed by atoms with Gasteiger partial charge in [0.05, 0.1) is 5.38 Å². The van der Waals surface area contributed by atoms with Crippen LogP contribution < -0.4 is 0 Å². The summed E-state index contributed by atoms with van der Waals surface area (Å²) in [5.74, 6) is 0. The minimum atomic E-state index is -0.176. The van der Waals surface area contributed by atoms with Crippen molar-refractivity contribution in [2.45, 2.75) is 24.6 Å². The number of hydrogen-bond donors (Lipinski definition) is 0. The number of halogens is 3. The molecule has 0 N–H and O–H groups in total. The SMILES string of the molecule is Clc1ccc(C(Cl)c2cc3c(s2)CCC3)c(Cl)c1. The van der Waals surface area contributed by atoms with Gasteiger partial charge in [-0.2, -0.15) is 0 Å². The van der Waals surface area contributed by atoms with E-state index >= 15 is 0 Å². The molecule has 0 saturated heterocycles. The Bertz CT molecular complexity index is 567. The molecule has 0 amide bonds. The molecule has 1 atom stereocenters. The highest BCUT2D eigenvalue weighted by molar-refractivity contribution is 7.12. The van der Waals surface area contributed by atoms with Crippen molar-refractivity contribution in [3.8, 4) is 0 Å². The molecule has 4 heteroatoms. The van der Waals surface area contributed by atoms with E-state index in [0.717, 1.165) is 5.56 Å². The van der Waals surface area contributed by atoms with Crippen LogP contribution in [0, 0.1) is 0 Å². The molecule has 1 aliphatic carbocycles. The van der Waals surface area contributed by atoms with Crippen LogP contribution in [-0.2, 0) is 12.8 Å². The third-order valence-corrected chi connectivity index (χ3v) is 5.71. The van der Waals surface area contributed by atoms with Crippen molar-refractivity contribution in [1.29, 1.82) is 0 Å². The Balaban J connectivity index is 1.95. The largest absolute Gasteiger partial charge is 0.143 e. The molecular formula is C14H11Cl3S. The van der Waals surface area contributed by atoms with E-state index < -0.39 is 0 Å². The maximum absolute atomic E-state index is 6.54. The molecule has 0 aliphatic heterocycles. The molecule has 0 spiro atoms. The fourth-order valence-corrected chi connectivity index (χ4v) is 4.55. The van der Waals surface area contributed by atoms with Gasteiger partial charge in [-0.25, -0.2) is 0 Å².